The lowest BCUT2D eigenvalue weighted by Crippen LogP contribution is -2.32. The second-order valence-electron chi connectivity index (χ2n) is 9.29. The van der Waals surface area contributed by atoms with Gasteiger partial charge >= 0.3 is 12.2 Å². The quantitative estimate of drug-likeness (QED) is 0.157. The maximum absolute atomic E-state index is 14.5. The molecule has 4 aromatic carbocycles. The van der Waals surface area contributed by atoms with E-state index < -0.39 is 29.3 Å². The number of ether oxygens (including phenoxy) is 1. The van der Waals surface area contributed by atoms with Crippen LogP contribution in [0.15, 0.2) is 85.2 Å². The van der Waals surface area contributed by atoms with Crippen molar-refractivity contribution in [3.8, 4) is 11.5 Å². The second-order valence-corrected chi connectivity index (χ2v) is 9.29. The molecular formula is C29H19F4N7O3. The van der Waals surface area contributed by atoms with Crippen molar-refractivity contribution in [2.45, 2.75) is 6.18 Å². The van der Waals surface area contributed by atoms with Gasteiger partial charge in [0, 0.05) is 11.6 Å². The summed E-state index contributed by atoms with van der Waals surface area (Å²) >= 11 is 0. The van der Waals surface area contributed by atoms with Gasteiger partial charge in [0.15, 0.2) is 0 Å². The van der Waals surface area contributed by atoms with Crippen LogP contribution in [0.3, 0.4) is 0 Å². The molecule has 10 nitrogen and oxygen atoms in total. The van der Waals surface area contributed by atoms with Gasteiger partial charge in [-0.3, -0.25) is 15.0 Å². The molecule has 5 N–H and O–H groups in total. The van der Waals surface area contributed by atoms with Crippen molar-refractivity contribution in [3.63, 3.8) is 0 Å². The predicted octanol–water partition coefficient (Wildman–Crippen LogP) is 6.86. The summed E-state index contributed by atoms with van der Waals surface area (Å²) in [6.07, 6.45) is -3.21. The van der Waals surface area contributed by atoms with Gasteiger partial charge in [0.25, 0.3) is 5.91 Å². The standard InChI is InChI=1S/C29H19F4N7O3/c30-20-8-2-16(29(31,32)33)12-25(20)40(27(34)42)17-3-5-18(6-4-17)43-19-7-10-22-24(13-19)38-28(37-22)39-26(41)15-1-9-21-23(11-15)36-14-35-21/h1-14H,(H2,34,42)(H,35,36)(H2,37,38,39,41). The largest absolute Gasteiger partial charge is 0.457 e. The third kappa shape index (κ3) is 5.53. The lowest BCUT2D eigenvalue weighted by Gasteiger charge is -2.22. The van der Waals surface area contributed by atoms with E-state index in [1.807, 2.05) is 0 Å². The van der Waals surface area contributed by atoms with Gasteiger partial charge in [-0.1, -0.05) is 0 Å². The molecule has 216 valence electrons. The van der Waals surface area contributed by atoms with Crippen LogP contribution in [-0.4, -0.2) is 31.9 Å². The molecule has 0 spiro atoms. The molecule has 2 aromatic heterocycles. The van der Waals surface area contributed by atoms with Crippen LogP contribution in [0.25, 0.3) is 22.1 Å². The Bertz CT molecular complexity index is 2000. The smallest absolute Gasteiger partial charge is 0.416 e. The van der Waals surface area contributed by atoms with Gasteiger partial charge in [0.1, 0.15) is 17.3 Å². The Morgan fingerprint density at radius 3 is 2.37 bits per heavy atom. The number of nitrogens with zero attached hydrogens (tertiary/aromatic N) is 3. The molecule has 43 heavy (non-hydrogen) atoms. The first-order valence-corrected chi connectivity index (χ1v) is 12.5. The minimum Gasteiger partial charge on any atom is -0.457 e. The highest BCUT2D eigenvalue weighted by Crippen LogP contribution is 2.36. The van der Waals surface area contributed by atoms with Gasteiger partial charge in [0.05, 0.1) is 45.3 Å². The molecule has 14 heteroatoms. The van der Waals surface area contributed by atoms with Gasteiger partial charge in [-0.05, 0) is 72.8 Å². The molecule has 0 fully saturated rings. The van der Waals surface area contributed by atoms with Gasteiger partial charge in [0.2, 0.25) is 5.95 Å². The number of nitrogens with one attached hydrogen (secondary N) is 3. The number of nitrogens with two attached hydrogens (primary N) is 1. The fourth-order valence-corrected chi connectivity index (χ4v) is 4.41. The van der Waals surface area contributed by atoms with Crippen LogP contribution >= 0.6 is 0 Å². The maximum Gasteiger partial charge on any atom is 0.416 e. The Labute approximate surface area is 239 Å². The molecule has 0 aliphatic carbocycles. The summed E-state index contributed by atoms with van der Waals surface area (Å²) in [5, 5.41) is 2.71. The Morgan fingerprint density at radius 1 is 0.884 bits per heavy atom. The number of hydrogen-bond donors (Lipinski definition) is 4. The monoisotopic (exact) mass is 589 g/mol. The number of imidazole rings is 2. The third-order valence-electron chi connectivity index (χ3n) is 6.44. The number of amides is 3. The third-order valence-corrected chi connectivity index (χ3v) is 6.44. The highest BCUT2D eigenvalue weighted by molar-refractivity contribution is 6.05. The van der Waals surface area contributed by atoms with Crippen LogP contribution < -0.4 is 20.7 Å². The number of halogens is 4. The van der Waals surface area contributed by atoms with Crippen molar-refractivity contribution in [3.05, 3.63) is 102 Å². The topological polar surface area (TPSA) is 142 Å². The van der Waals surface area contributed by atoms with Crippen LogP contribution in [0.4, 0.5) is 39.7 Å². The van der Waals surface area contributed by atoms with Crippen molar-refractivity contribution in [1.29, 1.82) is 0 Å². The molecule has 6 aromatic rings. The molecule has 0 unspecified atom stereocenters. The van der Waals surface area contributed by atoms with Crippen LogP contribution in [0.5, 0.6) is 11.5 Å². The number of anilines is 3. The summed E-state index contributed by atoms with van der Waals surface area (Å²) in [5.41, 5.74) is 6.60. The summed E-state index contributed by atoms with van der Waals surface area (Å²) < 4.78 is 59.9. The Morgan fingerprint density at radius 2 is 1.63 bits per heavy atom. The van der Waals surface area contributed by atoms with E-state index in [0.29, 0.717) is 56.7 Å². The summed E-state index contributed by atoms with van der Waals surface area (Å²) in [4.78, 5) is 40.0. The average molecular weight is 590 g/mol. The average Bonchev–Trinajstić information content (AvgIpc) is 3.60. The van der Waals surface area contributed by atoms with Gasteiger partial charge in [-0.2, -0.15) is 13.2 Å². The Balaban J connectivity index is 1.18. The zero-order chi connectivity index (χ0) is 30.3. The molecule has 0 aliphatic heterocycles. The highest BCUT2D eigenvalue weighted by atomic mass is 19.4. The van der Waals surface area contributed by atoms with Gasteiger partial charge in [-0.25, -0.2) is 19.2 Å². The fourth-order valence-electron chi connectivity index (χ4n) is 4.41. The van der Waals surface area contributed by atoms with Crippen molar-refractivity contribution in [1.82, 2.24) is 19.9 Å². The number of benzene rings is 4. The van der Waals surface area contributed by atoms with E-state index >= 15 is 0 Å². The van der Waals surface area contributed by atoms with Crippen molar-refractivity contribution < 1.29 is 31.9 Å². The van der Waals surface area contributed by atoms with E-state index in [2.05, 4.69) is 25.3 Å². The van der Waals surface area contributed by atoms with E-state index in [-0.39, 0.29) is 17.5 Å². The number of carbonyl (C=O) groups excluding carboxylic acids is 2. The molecule has 0 saturated carbocycles. The maximum atomic E-state index is 14.5. The van der Waals surface area contributed by atoms with E-state index in [4.69, 9.17) is 10.5 Å². The van der Waals surface area contributed by atoms with Gasteiger partial charge in [-0.15, -0.1) is 0 Å². The first-order chi connectivity index (χ1) is 20.5. The molecular weight excluding hydrogens is 570 g/mol. The Hall–Kier alpha value is -5.92. The Kier molecular flexibility index (Phi) is 6.65. The fraction of sp³-hybridized carbons (Fsp3) is 0.0345. The lowest BCUT2D eigenvalue weighted by atomic mass is 10.1. The number of hydrogen-bond acceptors (Lipinski definition) is 5. The first kappa shape index (κ1) is 27.3. The molecule has 0 atom stereocenters. The van der Waals surface area contributed by atoms with Gasteiger partial charge < -0.3 is 20.4 Å². The first-order valence-electron chi connectivity index (χ1n) is 12.5. The number of alkyl halides is 3. The zero-order valence-electron chi connectivity index (χ0n) is 21.7. The van der Waals surface area contributed by atoms with Crippen LogP contribution in [0, 0.1) is 5.82 Å². The van der Waals surface area contributed by atoms with Crippen LogP contribution in [0.2, 0.25) is 0 Å². The van der Waals surface area contributed by atoms with Crippen LogP contribution in [0.1, 0.15) is 15.9 Å². The summed E-state index contributed by atoms with van der Waals surface area (Å²) in [6.45, 7) is 0. The summed E-state index contributed by atoms with van der Waals surface area (Å²) in [6, 6.07) is 16.1. The highest BCUT2D eigenvalue weighted by Gasteiger charge is 2.32. The van der Waals surface area contributed by atoms with E-state index in [1.165, 1.54) is 30.6 Å². The molecule has 2 heterocycles. The molecule has 3 amide bonds. The predicted molar refractivity (Wildman–Crippen MR) is 150 cm³/mol. The SMILES string of the molecule is NC(=O)N(c1ccc(Oc2ccc3[nH]c(NC(=O)c4ccc5[nH]cnc5c4)nc3c2)cc1)c1cc(C(F)(F)F)ccc1F. The van der Waals surface area contributed by atoms with E-state index in [9.17, 15) is 27.2 Å². The second kappa shape index (κ2) is 10.5. The number of fused-ring (bicyclic) bond motifs is 2. The minimum absolute atomic E-state index is 0.0210. The molecule has 0 bridgehead atoms. The molecule has 0 radical (unpaired) electrons. The van der Waals surface area contributed by atoms with Crippen LogP contribution in [-0.2, 0) is 6.18 Å². The number of H-pyrrole nitrogens is 2. The summed E-state index contributed by atoms with van der Waals surface area (Å²) in [5.74, 6) is -0.541. The van der Waals surface area contributed by atoms with Crippen molar-refractivity contribution in [2.75, 3.05) is 10.2 Å². The number of primary amides is 1. The molecule has 0 saturated heterocycles. The summed E-state index contributed by atoms with van der Waals surface area (Å²) in [7, 11) is 0. The van der Waals surface area contributed by atoms with E-state index in [1.54, 1.807) is 36.4 Å². The van der Waals surface area contributed by atoms with Crippen molar-refractivity contribution in [2.24, 2.45) is 5.73 Å². The number of aromatic amines is 2. The van der Waals surface area contributed by atoms with E-state index in [0.717, 1.165) is 5.52 Å². The number of aromatic nitrogens is 4. The molecule has 6 rings (SSSR count). The lowest BCUT2D eigenvalue weighted by molar-refractivity contribution is -0.137. The zero-order valence-corrected chi connectivity index (χ0v) is 21.7. The normalized spacial score (nSPS) is 11.5. The number of carbonyl (C=O) groups is 2. The number of urea groups is 1. The molecule has 0 aliphatic rings. The van der Waals surface area contributed by atoms with Crippen molar-refractivity contribution >= 4 is 51.3 Å². The number of rotatable bonds is 6. The minimum atomic E-state index is -4.75.